The van der Waals surface area contributed by atoms with E-state index < -0.39 is 17.8 Å². The van der Waals surface area contributed by atoms with Crippen LogP contribution < -0.4 is 16.0 Å². The smallest absolute Gasteiger partial charge is 0.303 e. The number of aromatic nitrogens is 2. The van der Waals surface area contributed by atoms with Crippen LogP contribution in [0.3, 0.4) is 0 Å². The largest absolute Gasteiger partial charge is 0.481 e. The molecule has 2 aliphatic rings. The van der Waals surface area contributed by atoms with Crippen molar-refractivity contribution >= 4 is 59.8 Å². The molecule has 43 heavy (non-hydrogen) atoms. The van der Waals surface area contributed by atoms with Gasteiger partial charge in [0.2, 0.25) is 0 Å². The third-order valence-corrected chi connectivity index (χ3v) is 7.86. The molecule has 0 bridgehead atoms. The number of amides is 2. The highest BCUT2D eigenvalue weighted by molar-refractivity contribution is 6.30. The van der Waals surface area contributed by atoms with Gasteiger partial charge in [0.05, 0.1) is 5.71 Å². The van der Waals surface area contributed by atoms with Gasteiger partial charge in [0, 0.05) is 62.9 Å². The molecule has 0 aromatic carbocycles. The van der Waals surface area contributed by atoms with Gasteiger partial charge in [-0.2, -0.15) is 0 Å². The molecule has 0 saturated heterocycles. The number of aliphatic carboxylic acids is 2. The van der Waals surface area contributed by atoms with Crippen LogP contribution in [-0.2, 0) is 19.2 Å². The number of aliphatic imine (C=N–C) groups is 1. The van der Waals surface area contributed by atoms with Gasteiger partial charge in [-0.3, -0.25) is 19.2 Å². The number of hydrogen-bond acceptors (Lipinski definition) is 4. The normalized spacial score (nSPS) is 16.9. The number of nitrogens with zero attached hydrogens (tertiary/aromatic N) is 1. The Morgan fingerprint density at radius 1 is 0.767 bits per heavy atom. The summed E-state index contributed by atoms with van der Waals surface area (Å²) in [5.74, 6) is -2.58. The minimum atomic E-state index is -0.976. The Bertz CT molecular complexity index is 1860. The zero-order valence-electron chi connectivity index (χ0n) is 24.6. The van der Waals surface area contributed by atoms with E-state index in [4.69, 9.17) is 10.2 Å². The molecule has 0 fully saturated rings. The molecule has 10 nitrogen and oxygen atoms in total. The minimum absolute atomic E-state index is 0.0871. The fraction of sp³-hybridized carbons (Fsp3) is 0.242. The van der Waals surface area contributed by atoms with Crippen molar-refractivity contribution in [3.8, 4) is 0 Å². The average molecular weight is 583 g/mol. The molecule has 4 rings (SSSR count). The first-order valence-electron chi connectivity index (χ1n) is 13.8. The van der Waals surface area contributed by atoms with Crippen LogP contribution in [0.25, 0.3) is 30.4 Å². The SMILES string of the molecule is C=Cc1c(/C=c2/[nH]/c(=C/C3=NC(=O)C(CCC(=O)O)=C3C)c(C=C)c2C)[nH]c(/C=C2\NC(=O)C(C)=C2CCC(=O)O)c1C. The summed E-state index contributed by atoms with van der Waals surface area (Å²) in [5, 5.41) is 22.5. The summed E-state index contributed by atoms with van der Waals surface area (Å²) in [6.45, 7) is 15.3. The number of carboxylic acid groups (broad SMARTS) is 2. The van der Waals surface area contributed by atoms with E-state index in [2.05, 4.69) is 33.4 Å². The molecule has 4 heterocycles. The molecule has 2 amide bonds. The lowest BCUT2D eigenvalue weighted by Gasteiger charge is -2.05. The molecule has 222 valence electrons. The first-order valence-corrected chi connectivity index (χ1v) is 13.8. The maximum absolute atomic E-state index is 12.5. The highest BCUT2D eigenvalue weighted by Gasteiger charge is 2.25. The van der Waals surface area contributed by atoms with Gasteiger partial charge < -0.3 is 25.5 Å². The van der Waals surface area contributed by atoms with Gasteiger partial charge in [-0.15, -0.1) is 0 Å². The van der Waals surface area contributed by atoms with Gasteiger partial charge in [0.15, 0.2) is 0 Å². The molecule has 0 radical (unpaired) electrons. The number of aromatic amines is 2. The molecule has 0 aliphatic carbocycles. The van der Waals surface area contributed by atoms with Gasteiger partial charge in [-0.1, -0.05) is 25.3 Å². The highest BCUT2D eigenvalue weighted by Crippen LogP contribution is 2.29. The number of rotatable bonds is 11. The Morgan fingerprint density at radius 2 is 1.40 bits per heavy atom. The lowest BCUT2D eigenvalue weighted by molar-refractivity contribution is -0.138. The monoisotopic (exact) mass is 582 g/mol. The van der Waals surface area contributed by atoms with Crippen LogP contribution in [-0.4, -0.2) is 49.6 Å². The molecule has 10 heteroatoms. The molecular weight excluding hydrogens is 548 g/mol. The van der Waals surface area contributed by atoms with E-state index >= 15 is 0 Å². The van der Waals surface area contributed by atoms with E-state index in [0.29, 0.717) is 39.1 Å². The van der Waals surface area contributed by atoms with Crippen molar-refractivity contribution in [2.75, 3.05) is 0 Å². The molecule has 2 aliphatic heterocycles. The predicted octanol–water partition coefficient (Wildman–Crippen LogP) is 3.67. The summed E-state index contributed by atoms with van der Waals surface area (Å²) in [4.78, 5) is 57.9. The standard InChI is InChI=1S/C33H34N4O6/c1-7-20-17(4)25(14-29-22(9-11-30(38)39)19(6)32(42)37-29)35-27(20)13-24-16(3)21(8-2)28(34-24)15-26-18(5)23(33(43)36-26)10-12-31(40)41/h7-8,13-15,34-35H,1-2,9-12H2,3-6H3,(H,37,42)(H,38,39)(H,40,41)/b24-13+,28-15+,29-14-. The fourth-order valence-corrected chi connectivity index (χ4v) is 5.32. The van der Waals surface area contributed by atoms with Crippen LogP contribution in [0.4, 0.5) is 0 Å². The molecular formula is C33H34N4O6. The number of allylic oxidation sites excluding steroid dienone is 2. The van der Waals surface area contributed by atoms with Gasteiger partial charge in [-0.05, 0) is 81.0 Å². The predicted molar refractivity (Wildman–Crippen MR) is 166 cm³/mol. The van der Waals surface area contributed by atoms with E-state index in [1.165, 1.54) is 0 Å². The number of H-pyrrole nitrogens is 2. The zero-order valence-corrected chi connectivity index (χ0v) is 24.6. The Labute approximate surface area is 248 Å². The number of carbonyl (C=O) groups is 4. The second-order valence-corrected chi connectivity index (χ2v) is 10.5. The van der Waals surface area contributed by atoms with Gasteiger partial charge >= 0.3 is 11.9 Å². The minimum Gasteiger partial charge on any atom is -0.481 e. The van der Waals surface area contributed by atoms with Crippen molar-refractivity contribution in [3.05, 3.63) is 85.5 Å². The van der Waals surface area contributed by atoms with Crippen molar-refractivity contribution < 1.29 is 29.4 Å². The van der Waals surface area contributed by atoms with E-state index in [-0.39, 0.29) is 31.6 Å². The molecule has 2 aromatic rings. The first-order chi connectivity index (χ1) is 20.4. The van der Waals surface area contributed by atoms with Crippen molar-refractivity contribution in [2.24, 2.45) is 4.99 Å². The first kappa shape index (κ1) is 30.7. The molecule has 0 saturated carbocycles. The van der Waals surface area contributed by atoms with E-state index in [1.807, 2.05) is 26.0 Å². The summed E-state index contributed by atoms with van der Waals surface area (Å²) >= 11 is 0. The quantitative estimate of drug-likeness (QED) is 0.271. The van der Waals surface area contributed by atoms with Crippen LogP contribution in [0.2, 0.25) is 0 Å². The van der Waals surface area contributed by atoms with Crippen molar-refractivity contribution in [3.63, 3.8) is 0 Å². The summed E-state index contributed by atoms with van der Waals surface area (Å²) in [6, 6.07) is 0. The lowest BCUT2D eigenvalue weighted by Crippen LogP contribution is -2.15. The Morgan fingerprint density at radius 3 is 2.00 bits per heavy atom. The number of nitrogens with one attached hydrogen (secondary N) is 3. The van der Waals surface area contributed by atoms with Crippen molar-refractivity contribution in [2.45, 2.75) is 53.4 Å². The van der Waals surface area contributed by atoms with Crippen LogP contribution in [0, 0.1) is 13.8 Å². The summed E-state index contributed by atoms with van der Waals surface area (Å²) in [6.07, 6.45) is 9.09. The van der Waals surface area contributed by atoms with E-state index in [1.54, 1.807) is 32.1 Å². The van der Waals surface area contributed by atoms with Gasteiger partial charge in [0.1, 0.15) is 0 Å². The summed E-state index contributed by atoms with van der Waals surface area (Å²) in [5.41, 5.74) is 8.28. The highest BCUT2D eigenvalue weighted by atomic mass is 16.4. The van der Waals surface area contributed by atoms with Crippen molar-refractivity contribution in [1.82, 2.24) is 15.3 Å². The molecule has 5 N–H and O–H groups in total. The van der Waals surface area contributed by atoms with Crippen LogP contribution in [0.15, 0.2) is 46.1 Å². The van der Waals surface area contributed by atoms with Gasteiger partial charge in [-0.25, -0.2) is 4.99 Å². The third kappa shape index (κ3) is 6.18. The zero-order chi connectivity index (χ0) is 31.6. The fourth-order valence-electron chi connectivity index (χ4n) is 5.32. The van der Waals surface area contributed by atoms with Crippen LogP contribution >= 0.6 is 0 Å². The maximum Gasteiger partial charge on any atom is 0.303 e. The summed E-state index contributed by atoms with van der Waals surface area (Å²) in [7, 11) is 0. The van der Waals surface area contributed by atoms with Gasteiger partial charge in [0.25, 0.3) is 11.8 Å². The van der Waals surface area contributed by atoms with E-state index in [9.17, 15) is 19.2 Å². The number of hydrogen-bond donors (Lipinski definition) is 5. The average Bonchev–Trinajstić information content (AvgIpc) is 3.59. The third-order valence-electron chi connectivity index (χ3n) is 7.86. The lowest BCUT2D eigenvalue weighted by atomic mass is 10.0. The Hall–Kier alpha value is -5.25. The number of carboxylic acids is 2. The molecule has 0 unspecified atom stereocenters. The van der Waals surface area contributed by atoms with Crippen LogP contribution in [0.5, 0.6) is 0 Å². The van der Waals surface area contributed by atoms with Crippen molar-refractivity contribution in [1.29, 1.82) is 0 Å². The second kappa shape index (κ2) is 12.3. The Balaban J connectivity index is 1.77. The molecule has 2 aromatic heterocycles. The summed E-state index contributed by atoms with van der Waals surface area (Å²) < 4.78 is 0. The Kier molecular flexibility index (Phi) is 8.80. The molecule has 0 atom stereocenters. The second-order valence-electron chi connectivity index (χ2n) is 10.5. The number of carbonyl (C=O) groups excluding carboxylic acids is 2. The topological polar surface area (TPSA) is 165 Å². The van der Waals surface area contributed by atoms with Crippen LogP contribution in [0.1, 0.15) is 73.2 Å². The van der Waals surface area contributed by atoms with E-state index in [0.717, 1.165) is 39.0 Å². The maximum atomic E-state index is 12.5. The molecule has 0 spiro atoms.